The van der Waals surface area contributed by atoms with E-state index in [1.54, 1.807) is 78.9 Å². The molecule has 256 valence electrons. The van der Waals surface area contributed by atoms with Crippen LogP contribution in [-0.4, -0.2) is 34.5 Å². The van der Waals surface area contributed by atoms with E-state index in [-0.39, 0.29) is 41.6 Å². The summed E-state index contributed by atoms with van der Waals surface area (Å²) in [6, 6.07) is 35.3. The average molecular weight is 687 g/mol. The number of aromatic hydroxyl groups is 1. The Balaban J connectivity index is 1.14. The van der Waals surface area contributed by atoms with E-state index in [1.807, 2.05) is 55.5 Å². The maximum absolute atomic E-state index is 14.8. The molecular formula is C44H34N2O6. The Morgan fingerprint density at radius 3 is 1.98 bits per heavy atom. The highest BCUT2D eigenvalue weighted by atomic mass is 16.3. The molecule has 1 saturated carbocycles. The molecule has 2 aliphatic carbocycles. The van der Waals surface area contributed by atoms with Crippen molar-refractivity contribution in [1.29, 1.82) is 0 Å². The van der Waals surface area contributed by atoms with Crippen LogP contribution in [0.4, 0.5) is 11.4 Å². The highest BCUT2D eigenvalue weighted by molar-refractivity contribution is 6.25. The van der Waals surface area contributed by atoms with Crippen LogP contribution in [0, 0.1) is 29.1 Å². The van der Waals surface area contributed by atoms with Crippen LogP contribution >= 0.6 is 0 Å². The highest BCUT2D eigenvalue weighted by Crippen LogP contribution is 2.64. The zero-order valence-electron chi connectivity index (χ0n) is 28.3. The molecule has 3 fully saturated rings. The van der Waals surface area contributed by atoms with E-state index in [0.717, 1.165) is 16.5 Å². The van der Waals surface area contributed by atoms with Gasteiger partial charge >= 0.3 is 0 Å². The number of para-hydroxylation sites is 1. The minimum atomic E-state index is -1.20. The predicted molar refractivity (Wildman–Crippen MR) is 195 cm³/mol. The molecule has 0 aromatic heterocycles. The molecule has 4 aliphatic rings. The van der Waals surface area contributed by atoms with Crippen molar-refractivity contribution < 1.29 is 29.1 Å². The van der Waals surface area contributed by atoms with Crippen LogP contribution in [0.1, 0.15) is 47.2 Å². The maximum atomic E-state index is 14.8. The zero-order chi connectivity index (χ0) is 35.9. The third kappa shape index (κ3) is 4.43. The number of anilines is 2. The Morgan fingerprint density at radius 1 is 0.654 bits per heavy atom. The van der Waals surface area contributed by atoms with Crippen LogP contribution in [0.3, 0.4) is 0 Å². The molecule has 2 heterocycles. The smallest absolute Gasteiger partial charge is 0.241 e. The molecule has 5 aromatic carbocycles. The second-order valence-electron chi connectivity index (χ2n) is 14.5. The second kappa shape index (κ2) is 11.7. The number of hydrogen-bond acceptors (Lipinski definition) is 6. The number of phenolic OH excluding ortho intramolecular Hbond substituents is 1. The number of benzene rings is 5. The first-order chi connectivity index (χ1) is 25.2. The van der Waals surface area contributed by atoms with Crippen molar-refractivity contribution in [2.45, 2.75) is 25.7 Å². The van der Waals surface area contributed by atoms with E-state index in [1.165, 1.54) is 9.80 Å². The summed E-state index contributed by atoms with van der Waals surface area (Å²) in [6.07, 6.45) is 2.57. The normalized spacial score (nSPS) is 26.6. The second-order valence-corrected chi connectivity index (χ2v) is 14.5. The summed E-state index contributed by atoms with van der Waals surface area (Å²) < 4.78 is 0. The summed E-state index contributed by atoms with van der Waals surface area (Å²) in [5, 5.41) is 12.2. The molecule has 1 N–H and O–H groups in total. The summed E-state index contributed by atoms with van der Waals surface area (Å²) in [5.74, 6) is -4.56. The van der Waals surface area contributed by atoms with Crippen molar-refractivity contribution in [3.63, 3.8) is 0 Å². The van der Waals surface area contributed by atoms with Crippen molar-refractivity contribution in [1.82, 2.24) is 0 Å². The van der Waals surface area contributed by atoms with Crippen LogP contribution in [0.2, 0.25) is 0 Å². The first-order valence-corrected chi connectivity index (χ1v) is 17.6. The quantitative estimate of drug-likeness (QED) is 0.119. The Morgan fingerprint density at radius 2 is 1.27 bits per heavy atom. The van der Waals surface area contributed by atoms with Crippen LogP contribution in [0.15, 0.2) is 133 Å². The van der Waals surface area contributed by atoms with Crippen LogP contribution in [-0.2, 0) is 19.2 Å². The van der Waals surface area contributed by atoms with Gasteiger partial charge in [0.2, 0.25) is 23.6 Å². The van der Waals surface area contributed by atoms with Gasteiger partial charge in [0.25, 0.3) is 0 Å². The first kappa shape index (κ1) is 31.8. The first-order valence-electron chi connectivity index (χ1n) is 17.6. The van der Waals surface area contributed by atoms with E-state index in [0.29, 0.717) is 34.3 Å². The molecule has 0 bridgehead atoms. The SMILES string of the molecule is C[C@@]12C(=O)N(c3ccccc3)C(=O)[C@@H]1C[C@@H]1C(=CC[C@@H]3C(=O)N(c4ccc(C(=O)c5ccccc5)cc4)C(=O)[C@@H]31)[C@@H]2c1ccc(O)c2ccccc12. The van der Waals surface area contributed by atoms with Gasteiger partial charge in [-0.05, 0) is 79.1 Å². The van der Waals surface area contributed by atoms with Crippen molar-refractivity contribution in [3.8, 4) is 5.75 Å². The number of ketones is 1. The monoisotopic (exact) mass is 686 g/mol. The minimum Gasteiger partial charge on any atom is -0.507 e. The Bertz CT molecular complexity index is 2370. The lowest BCUT2D eigenvalue weighted by Gasteiger charge is -2.49. The molecular weight excluding hydrogens is 652 g/mol. The largest absolute Gasteiger partial charge is 0.507 e. The number of allylic oxidation sites excluding steroid dienone is 2. The molecule has 4 amide bonds. The van der Waals surface area contributed by atoms with E-state index in [2.05, 4.69) is 0 Å². The van der Waals surface area contributed by atoms with Crippen molar-refractivity contribution in [2.24, 2.45) is 29.1 Å². The molecule has 0 radical (unpaired) electrons. The van der Waals surface area contributed by atoms with Gasteiger partial charge in [-0.15, -0.1) is 0 Å². The topological polar surface area (TPSA) is 112 Å². The number of carbonyl (C=O) groups is 5. The number of phenols is 1. The number of amides is 4. The number of imide groups is 2. The predicted octanol–water partition coefficient (Wildman–Crippen LogP) is 7.21. The molecule has 8 heteroatoms. The van der Waals surface area contributed by atoms with E-state index in [9.17, 15) is 29.1 Å². The number of fused-ring (bicyclic) bond motifs is 5. The summed E-state index contributed by atoms with van der Waals surface area (Å²) >= 11 is 0. The maximum Gasteiger partial charge on any atom is 0.241 e. The van der Waals surface area contributed by atoms with Crippen LogP contribution < -0.4 is 9.80 Å². The number of rotatable bonds is 5. The van der Waals surface area contributed by atoms with Crippen LogP contribution in [0.5, 0.6) is 5.75 Å². The fourth-order valence-corrected chi connectivity index (χ4v) is 9.51. The Hall–Kier alpha value is -6.15. The van der Waals surface area contributed by atoms with Gasteiger partial charge in [-0.2, -0.15) is 0 Å². The average Bonchev–Trinajstić information content (AvgIpc) is 3.55. The third-order valence-corrected chi connectivity index (χ3v) is 12.0. The van der Waals surface area contributed by atoms with Gasteiger partial charge in [0, 0.05) is 22.4 Å². The van der Waals surface area contributed by atoms with Gasteiger partial charge in [-0.25, -0.2) is 4.90 Å². The molecule has 52 heavy (non-hydrogen) atoms. The number of carbonyl (C=O) groups excluding carboxylic acids is 5. The standard InChI is InChI=1S/C44H34N2O6/c1-44-35(41(50)46(43(44)52)27-12-6-3-7-13-27)24-34-32(38(44)31-22-23-36(47)30-15-9-8-14-29(30)31)20-21-33-37(34)42(51)45(40(33)49)28-18-16-26(17-19-28)39(48)25-10-4-2-5-11-25/h2-20,22-23,33-35,37-38,47H,21,24H2,1H3/t33-,34+,35-,37-,38-,44+/m0/s1. The number of nitrogens with zero attached hydrogens (tertiary/aromatic N) is 2. The van der Waals surface area contributed by atoms with E-state index >= 15 is 0 Å². The van der Waals surface area contributed by atoms with Crippen LogP contribution in [0.25, 0.3) is 10.8 Å². The summed E-state index contributed by atoms with van der Waals surface area (Å²) in [4.78, 5) is 73.5. The Labute approximate surface area is 300 Å². The van der Waals surface area contributed by atoms with Gasteiger partial charge in [0.1, 0.15) is 5.75 Å². The molecule has 8 nitrogen and oxygen atoms in total. The van der Waals surface area contributed by atoms with E-state index < -0.39 is 35.0 Å². The molecule has 5 aromatic rings. The lowest BCUT2D eigenvalue weighted by Crippen LogP contribution is -2.49. The van der Waals surface area contributed by atoms with Gasteiger partial charge < -0.3 is 5.11 Å². The van der Waals surface area contributed by atoms with Crippen molar-refractivity contribution in [2.75, 3.05) is 9.80 Å². The Kier molecular flexibility index (Phi) is 7.16. The molecule has 9 rings (SSSR count). The fraction of sp³-hybridized carbons (Fsp3) is 0.205. The summed E-state index contributed by atoms with van der Waals surface area (Å²) in [5.41, 5.74) is 2.33. The van der Waals surface area contributed by atoms with E-state index in [4.69, 9.17) is 0 Å². The lowest BCUT2D eigenvalue weighted by atomic mass is 9.51. The number of hydrogen-bond donors (Lipinski definition) is 1. The van der Waals surface area contributed by atoms with Gasteiger partial charge in [-0.1, -0.05) is 90.5 Å². The van der Waals surface area contributed by atoms with Gasteiger partial charge in [-0.3, -0.25) is 28.9 Å². The molecule has 0 unspecified atom stereocenters. The summed E-state index contributed by atoms with van der Waals surface area (Å²) in [7, 11) is 0. The van der Waals surface area contributed by atoms with Gasteiger partial charge in [0.05, 0.1) is 34.5 Å². The minimum absolute atomic E-state index is 0.106. The van der Waals surface area contributed by atoms with Crippen molar-refractivity contribution in [3.05, 3.63) is 150 Å². The zero-order valence-corrected chi connectivity index (χ0v) is 28.3. The molecule has 0 spiro atoms. The third-order valence-electron chi connectivity index (χ3n) is 12.0. The van der Waals surface area contributed by atoms with Gasteiger partial charge in [0.15, 0.2) is 5.78 Å². The molecule has 2 saturated heterocycles. The van der Waals surface area contributed by atoms with Crippen molar-refractivity contribution >= 4 is 51.6 Å². The molecule has 2 aliphatic heterocycles. The molecule has 6 atom stereocenters. The fourth-order valence-electron chi connectivity index (χ4n) is 9.51. The summed E-state index contributed by atoms with van der Waals surface area (Å²) in [6.45, 7) is 1.86. The highest BCUT2D eigenvalue weighted by Gasteiger charge is 2.67. The lowest BCUT2D eigenvalue weighted by molar-refractivity contribution is -0.131.